The molecule has 0 aliphatic heterocycles. The molecule has 0 aliphatic carbocycles. The molecule has 0 heterocycles. The molecule has 0 aromatic carbocycles. The normalized spacial score (nSPS) is 11.8. The second-order valence-corrected chi connectivity index (χ2v) is 3.51. The van der Waals surface area contributed by atoms with Gasteiger partial charge in [-0.3, -0.25) is 10.1 Å². The third-order valence-electron chi connectivity index (χ3n) is 2.28. The van der Waals surface area contributed by atoms with Crippen LogP contribution in [0.1, 0.15) is 39.0 Å². The maximum atomic E-state index is 11.3. The van der Waals surface area contributed by atoms with Gasteiger partial charge in [0, 0.05) is 0 Å². The molecule has 0 radical (unpaired) electrons. The fourth-order valence-corrected chi connectivity index (χ4v) is 1.40. The average molecular weight is 211 g/mol. The van der Waals surface area contributed by atoms with Crippen LogP contribution >= 0.6 is 0 Å². The Morgan fingerprint density at radius 2 is 2.20 bits per heavy atom. The zero-order chi connectivity index (χ0) is 11.5. The number of carbonyl (C=O) groups excluding carboxylic acids is 1. The summed E-state index contributed by atoms with van der Waals surface area (Å²) < 4.78 is 4.70. The molecule has 0 saturated carbocycles. The van der Waals surface area contributed by atoms with E-state index in [0.29, 0.717) is 6.54 Å². The van der Waals surface area contributed by atoms with Crippen LogP contribution in [-0.2, 0) is 9.53 Å². The Hall–Kier alpha value is -1.01. The third kappa shape index (κ3) is 6.98. The van der Waals surface area contributed by atoms with Crippen molar-refractivity contribution in [2.75, 3.05) is 13.7 Å². The molecule has 15 heavy (non-hydrogen) atoms. The molecule has 1 unspecified atom stereocenters. The van der Waals surface area contributed by atoms with Crippen molar-refractivity contribution in [3.8, 4) is 12.3 Å². The van der Waals surface area contributed by atoms with Crippen LogP contribution in [0.25, 0.3) is 0 Å². The number of esters is 1. The second-order valence-electron chi connectivity index (χ2n) is 3.51. The van der Waals surface area contributed by atoms with E-state index >= 15 is 0 Å². The van der Waals surface area contributed by atoms with Crippen LogP contribution in [0.15, 0.2) is 0 Å². The molecule has 86 valence electrons. The van der Waals surface area contributed by atoms with Gasteiger partial charge in [-0.25, -0.2) is 0 Å². The van der Waals surface area contributed by atoms with Crippen LogP contribution in [0.2, 0.25) is 0 Å². The minimum absolute atomic E-state index is 0.221. The maximum absolute atomic E-state index is 11.3. The van der Waals surface area contributed by atoms with E-state index in [-0.39, 0.29) is 12.0 Å². The van der Waals surface area contributed by atoms with Crippen molar-refractivity contribution >= 4 is 5.97 Å². The van der Waals surface area contributed by atoms with E-state index in [2.05, 4.69) is 18.2 Å². The molecule has 0 aromatic heterocycles. The number of nitrogens with one attached hydrogen (secondary N) is 1. The van der Waals surface area contributed by atoms with Crippen molar-refractivity contribution in [2.24, 2.45) is 0 Å². The van der Waals surface area contributed by atoms with Crippen LogP contribution in [0, 0.1) is 12.3 Å². The Morgan fingerprint density at radius 3 is 2.73 bits per heavy atom. The van der Waals surface area contributed by atoms with E-state index in [1.807, 2.05) is 0 Å². The monoisotopic (exact) mass is 211 g/mol. The molecule has 3 nitrogen and oxygen atoms in total. The summed E-state index contributed by atoms with van der Waals surface area (Å²) in [5, 5.41) is 2.99. The van der Waals surface area contributed by atoms with E-state index < -0.39 is 0 Å². The van der Waals surface area contributed by atoms with Crippen LogP contribution in [0.3, 0.4) is 0 Å². The lowest BCUT2D eigenvalue weighted by molar-refractivity contribution is -0.143. The largest absolute Gasteiger partial charge is 0.468 e. The molecule has 0 bridgehead atoms. The van der Waals surface area contributed by atoms with Gasteiger partial charge in [0.05, 0.1) is 13.7 Å². The first-order valence-electron chi connectivity index (χ1n) is 5.50. The Balaban J connectivity index is 3.80. The summed E-state index contributed by atoms with van der Waals surface area (Å²) in [5.41, 5.74) is 0. The van der Waals surface area contributed by atoms with Crippen molar-refractivity contribution in [2.45, 2.75) is 45.1 Å². The van der Waals surface area contributed by atoms with E-state index in [1.165, 1.54) is 20.0 Å². The Bertz CT molecular complexity index is 208. The number of hydrogen-bond acceptors (Lipinski definition) is 3. The average Bonchev–Trinajstić information content (AvgIpc) is 2.27. The Kier molecular flexibility index (Phi) is 8.90. The standard InChI is InChI=1S/C12H21NO2/c1-4-6-7-8-9-11(12(14)15-3)13-10-5-2/h2,11,13H,4,6-10H2,1,3H3. The number of unbranched alkanes of at least 4 members (excludes halogenated alkanes) is 3. The first-order valence-corrected chi connectivity index (χ1v) is 5.50. The fraction of sp³-hybridized carbons (Fsp3) is 0.750. The van der Waals surface area contributed by atoms with E-state index in [1.54, 1.807) is 0 Å². The summed E-state index contributed by atoms with van der Waals surface area (Å²) in [6.07, 6.45) is 10.5. The smallest absolute Gasteiger partial charge is 0.322 e. The zero-order valence-corrected chi connectivity index (χ0v) is 9.71. The molecule has 0 spiro atoms. The lowest BCUT2D eigenvalue weighted by atomic mass is 10.1. The zero-order valence-electron chi connectivity index (χ0n) is 9.71. The Labute approximate surface area is 92.6 Å². The van der Waals surface area contributed by atoms with Crippen molar-refractivity contribution in [3.63, 3.8) is 0 Å². The lowest BCUT2D eigenvalue weighted by Gasteiger charge is -2.14. The number of rotatable bonds is 8. The highest BCUT2D eigenvalue weighted by Crippen LogP contribution is 2.06. The lowest BCUT2D eigenvalue weighted by Crippen LogP contribution is -2.37. The molecular formula is C12H21NO2. The van der Waals surface area contributed by atoms with Gasteiger partial charge in [-0.1, -0.05) is 38.5 Å². The minimum Gasteiger partial charge on any atom is -0.468 e. The van der Waals surface area contributed by atoms with Crippen LogP contribution in [0.5, 0.6) is 0 Å². The first kappa shape index (κ1) is 14.0. The molecule has 1 N–H and O–H groups in total. The summed E-state index contributed by atoms with van der Waals surface area (Å²) in [5.74, 6) is 2.24. The molecule has 0 amide bonds. The summed E-state index contributed by atoms with van der Waals surface area (Å²) in [6, 6.07) is -0.247. The second kappa shape index (κ2) is 9.54. The minimum atomic E-state index is -0.247. The first-order chi connectivity index (χ1) is 7.26. The fourth-order valence-electron chi connectivity index (χ4n) is 1.40. The van der Waals surface area contributed by atoms with Gasteiger partial charge in [0.2, 0.25) is 0 Å². The van der Waals surface area contributed by atoms with Crippen molar-refractivity contribution in [1.29, 1.82) is 0 Å². The molecule has 0 aromatic rings. The number of terminal acetylenes is 1. The number of ether oxygens (including phenoxy) is 1. The highest BCUT2D eigenvalue weighted by molar-refractivity contribution is 5.75. The molecule has 0 rings (SSSR count). The van der Waals surface area contributed by atoms with Crippen molar-refractivity contribution in [1.82, 2.24) is 5.32 Å². The maximum Gasteiger partial charge on any atom is 0.322 e. The van der Waals surface area contributed by atoms with Gasteiger partial charge in [0.25, 0.3) is 0 Å². The molecule has 0 aliphatic rings. The van der Waals surface area contributed by atoms with E-state index in [0.717, 1.165) is 19.3 Å². The van der Waals surface area contributed by atoms with Gasteiger partial charge in [0.1, 0.15) is 6.04 Å². The van der Waals surface area contributed by atoms with Crippen LogP contribution < -0.4 is 5.32 Å². The van der Waals surface area contributed by atoms with Gasteiger partial charge in [-0.2, -0.15) is 0 Å². The van der Waals surface area contributed by atoms with Gasteiger partial charge in [0.15, 0.2) is 0 Å². The molecule has 0 fully saturated rings. The van der Waals surface area contributed by atoms with Crippen molar-refractivity contribution in [3.05, 3.63) is 0 Å². The Morgan fingerprint density at radius 1 is 1.47 bits per heavy atom. The van der Waals surface area contributed by atoms with Gasteiger partial charge in [-0.05, 0) is 6.42 Å². The predicted molar refractivity (Wildman–Crippen MR) is 61.4 cm³/mol. The summed E-state index contributed by atoms with van der Waals surface area (Å²) >= 11 is 0. The number of hydrogen-bond donors (Lipinski definition) is 1. The third-order valence-corrected chi connectivity index (χ3v) is 2.28. The summed E-state index contributed by atoms with van der Waals surface area (Å²) in [7, 11) is 1.40. The highest BCUT2D eigenvalue weighted by Gasteiger charge is 2.16. The van der Waals surface area contributed by atoms with Gasteiger partial charge in [-0.15, -0.1) is 6.42 Å². The number of carbonyl (C=O) groups is 1. The van der Waals surface area contributed by atoms with E-state index in [9.17, 15) is 4.79 Å². The van der Waals surface area contributed by atoms with Gasteiger partial charge < -0.3 is 4.74 Å². The summed E-state index contributed by atoms with van der Waals surface area (Å²) in [4.78, 5) is 11.3. The molecule has 0 saturated heterocycles. The van der Waals surface area contributed by atoms with Crippen molar-refractivity contribution < 1.29 is 9.53 Å². The molecule has 1 atom stereocenters. The van der Waals surface area contributed by atoms with E-state index in [4.69, 9.17) is 11.2 Å². The quantitative estimate of drug-likeness (QED) is 0.377. The van der Waals surface area contributed by atoms with Crippen LogP contribution in [-0.4, -0.2) is 25.7 Å². The predicted octanol–water partition coefficient (Wildman–Crippen LogP) is 1.72. The van der Waals surface area contributed by atoms with Gasteiger partial charge >= 0.3 is 5.97 Å². The number of methoxy groups -OCH3 is 1. The summed E-state index contributed by atoms with van der Waals surface area (Å²) in [6.45, 7) is 2.57. The SMILES string of the molecule is C#CCNC(CCCCCC)C(=O)OC. The molecule has 3 heteroatoms. The highest BCUT2D eigenvalue weighted by atomic mass is 16.5. The molecular weight excluding hydrogens is 190 g/mol. The topological polar surface area (TPSA) is 38.3 Å². The van der Waals surface area contributed by atoms with Crippen LogP contribution in [0.4, 0.5) is 0 Å².